The highest BCUT2D eigenvalue weighted by Crippen LogP contribution is 2.40. The number of piperazine rings is 1. The first kappa shape index (κ1) is 26.5. The van der Waals surface area contributed by atoms with Gasteiger partial charge in [-0.25, -0.2) is 0 Å². The predicted molar refractivity (Wildman–Crippen MR) is 137 cm³/mol. The van der Waals surface area contributed by atoms with E-state index in [4.69, 9.17) is 4.74 Å². The fourth-order valence-corrected chi connectivity index (χ4v) is 6.19. The molecule has 9 heteroatoms. The van der Waals surface area contributed by atoms with E-state index >= 15 is 0 Å². The molecule has 2 saturated heterocycles. The molecule has 0 bridgehead atoms. The predicted octanol–water partition coefficient (Wildman–Crippen LogP) is 4.37. The summed E-state index contributed by atoms with van der Waals surface area (Å²) in [6, 6.07) is 13.9. The Morgan fingerprint density at radius 1 is 1.03 bits per heavy atom. The summed E-state index contributed by atoms with van der Waals surface area (Å²) >= 11 is 0. The first-order valence-electron chi connectivity index (χ1n) is 13.4. The first-order valence-corrected chi connectivity index (χ1v) is 13.4. The minimum Gasteiger partial charge on any atom is -0.466 e. The van der Waals surface area contributed by atoms with Crippen molar-refractivity contribution in [1.82, 2.24) is 9.80 Å². The van der Waals surface area contributed by atoms with E-state index in [9.17, 15) is 22.8 Å². The highest BCUT2D eigenvalue weighted by atomic mass is 19.4. The molecule has 6 nitrogen and oxygen atoms in total. The third-order valence-corrected chi connectivity index (χ3v) is 8.04. The Hall–Kier alpha value is -3.07. The second-order valence-corrected chi connectivity index (χ2v) is 10.5. The molecule has 2 fully saturated rings. The zero-order valence-corrected chi connectivity index (χ0v) is 21.6. The Bertz CT molecular complexity index is 1160. The van der Waals surface area contributed by atoms with Gasteiger partial charge >= 0.3 is 12.1 Å². The van der Waals surface area contributed by atoms with Gasteiger partial charge in [0.1, 0.15) is 0 Å². The molecule has 38 heavy (non-hydrogen) atoms. The van der Waals surface area contributed by atoms with Gasteiger partial charge in [0, 0.05) is 45.0 Å². The van der Waals surface area contributed by atoms with Gasteiger partial charge in [-0.15, -0.1) is 0 Å². The molecule has 5 rings (SSSR count). The van der Waals surface area contributed by atoms with Gasteiger partial charge in [-0.05, 0) is 55.5 Å². The van der Waals surface area contributed by atoms with Crippen LogP contribution in [-0.2, 0) is 33.5 Å². The summed E-state index contributed by atoms with van der Waals surface area (Å²) in [4.78, 5) is 32.6. The minimum atomic E-state index is -4.44. The van der Waals surface area contributed by atoms with Crippen LogP contribution in [0.2, 0.25) is 0 Å². The number of amides is 1. The SMILES string of the molecule is CCOC(=O)C1CCCN(C(=O)C2Cc3cc(C(F)(F)F)ccc3N3CCN(Cc4ccccc4)CC23)C1. The number of alkyl halides is 3. The normalized spacial score (nSPS) is 23.9. The quantitative estimate of drug-likeness (QED) is 0.539. The van der Waals surface area contributed by atoms with Crippen molar-refractivity contribution in [2.45, 2.75) is 44.9 Å². The highest BCUT2D eigenvalue weighted by molar-refractivity contribution is 5.83. The molecule has 2 aromatic rings. The third kappa shape index (κ3) is 5.53. The number of likely N-dealkylation sites (tertiary alicyclic amines) is 1. The van der Waals surface area contributed by atoms with E-state index in [0.717, 1.165) is 24.8 Å². The van der Waals surface area contributed by atoms with Crippen LogP contribution in [0.3, 0.4) is 0 Å². The highest BCUT2D eigenvalue weighted by Gasteiger charge is 2.44. The average molecular weight is 530 g/mol. The van der Waals surface area contributed by atoms with Crippen molar-refractivity contribution in [2.24, 2.45) is 11.8 Å². The third-order valence-electron chi connectivity index (χ3n) is 8.04. The number of carbonyl (C=O) groups is 2. The maximum Gasteiger partial charge on any atom is 0.416 e. The Labute approximate surface area is 221 Å². The lowest BCUT2D eigenvalue weighted by Crippen LogP contribution is -2.61. The average Bonchev–Trinajstić information content (AvgIpc) is 2.92. The molecule has 204 valence electrons. The van der Waals surface area contributed by atoms with E-state index in [1.165, 1.54) is 11.6 Å². The molecule has 0 spiro atoms. The number of benzene rings is 2. The number of hydrogen-bond acceptors (Lipinski definition) is 5. The largest absolute Gasteiger partial charge is 0.466 e. The van der Waals surface area contributed by atoms with Gasteiger partial charge in [-0.1, -0.05) is 30.3 Å². The van der Waals surface area contributed by atoms with Crippen LogP contribution >= 0.6 is 0 Å². The number of nitrogens with zero attached hydrogens (tertiary/aromatic N) is 3. The molecular formula is C29H34F3N3O3. The Balaban J connectivity index is 1.42. The van der Waals surface area contributed by atoms with E-state index in [1.807, 2.05) is 18.2 Å². The van der Waals surface area contributed by atoms with E-state index in [-0.39, 0.29) is 30.3 Å². The molecule has 0 saturated carbocycles. The molecule has 3 aliphatic heterocycles. The molecular weight excluding hydrogens is 495 g/mol. The monoisotopic (exact) mass is 529 g/mol. The molecule has 0 aromatic heterocycles. The number of piperidine rings is 1. The number of anilines is 1. The summed E-state index contributed by atoms with van der Waals surface area (Å²) < 4.78 is 45.8. The summed E-state index contributed by atoms with van der Waals surface area (Å²) in [5, 5.41) is 0. The molecule has 3 aliphatic rings. The number of halogens is 3. The van der Waals surface area contributed by atoms with Crippen molar-refractivity contribution in [2.75, 3.05) is 44.2 Å². The van der Waals surface area contributed by atoms with Crippen LogP contribution in [0.15, 0.2) is 48.5 Å². The van der Waals surface area contributed by atoms with Crippen LogP contribution in [0.5, 0.6) is 0 Å². The van der Waals surface area contributed by atoms with Gasteiger partial charge < -0.3 is 14.5 Å². The molecule has 1 amide bonds. The molecule has 3 atom stereocenters. The second kappa shape index (κ2) is 11.0. The van der Waals surface area contributed by atoms with E-state index in [0.29, 0.717) is 51.2 Å². The van der Waals surface area contributed by atoms with Crippen molar-refractivity contribution in [3.05, 3.63) is 65.2 Å². The fourth-order valence-electron chi connectivity index (χ4n) is 6.19. The molecule has 0 radical (unpaired) electrons. The second-order valence-electron chi connectivity index (χ2n) is 10.5. The van der Waals surface area contributed by atoms with Gasteiger partial charge in [0.15, 0.2) is 0 Å². The summed E-state index contributed by atoms with van der Waals surface area (Å²) in [5.74, 6) is -1.23. The number of carbonyl (C=O) groups excluding carboxylic acids is 2. The summed E-state index contributed by atoms with van der Waals surface area (Å²) in [5.41, 5.74) is 1.84. The van der Waals surface area contributed by atoms with Crippen LogP contribution < -0.4 is 4.90 Å². The van der Waals surface area contributed by atoms with Gasteiger partial charge in [0.25, 0.3) is 0 Å². The first-order chi connectivity index (χ1) is 18.2. The summed E-state index contributed by atoms with van der Waals surface area (Å²) in [6.45, 7) is 5.66. The fraction of sp³-hybridized carbons (Fsp3) is 0.517. The van der Waals surface area contributed by atoms with E-state index in [1.54, 1.807) is 17.9 Å². The van der Waals surface area contributed by atoms with Crippen molar-refractivity contribution < 1.29 is 27.5 Å². The van der Waals surface area contributed by atoms with Crippen molar-refractivity contribution in [3.8, 4) is 0 Å². The van der Waals surface area contributed by atoms with E-state index < -0.39 is 17.7 Å². The van der Waals surface area contributed by atoms with Crippen LogP contribution in [0, 0.1) is 11.8 Å². The Kier molecular flexibility index (Phi) is 7.66. The maximum atomic E-state index is 14.0. The van der Waals surface area contributed by atoms with Gasteiger partial charge in [0.2, 0.25) is 5.91 Å². The zero-order valence-electron chi connectivity index (χ0n) is 21.6. The molecule has 2 aromatic carbocycles. The standard InChI is InChI=1S/C29H34F3N3O3/c1-2-38-28(37)21-9-6-12-34(18-21)27(36)24-16-22-15-23(29(30,31)32)10-11-25(22)35-14-13-33(19-26(24)35)17-20-7-4-3-5-8-20/h3-5,7-8,10-11,15,21,24,26H,2,6,9,12-14,16-19H2,1H3. The van der Waals surface area contributed by atoms with E-state index in [2.05, 4.69) is 21.9 Å². The van der Waals surface area contributed by atoms with Crippen LogP contribution in [-0.4, -0.2) is 67.0 Å². The lowest BCUT2D eigenvalue weighted by atomic mass is 9.81. The number of hydrogen-bond donors (Lipinski definition) is 0. The van der Waals surface area contributed by atoms with Crippen LogP contribution in [0.25, 0.3) is 0 Å². The van der Waals surface area contributed by atoms with Crippen LogP contribution in [0.4, 0.5) is 18.9 Å². The van der Waals surface area contributed by atoms with Crippen molar-refractivity contribution in [3.63, 3.8) is 0 Å². The zero-order chi connectivity index (χ0) is 26.9. The number of esters is 1. The van der Waals surface area contributed by atoms with Crippen molar-refractivity contribution >= 4 is 17.6 Å². The maximum absolute atomic E-state index is 14.0. The lowest BCUT2D eigenvalue weighted by molar-refractivity contribution is -0.152. The number of ether oxygens (including phenoxy) is 1. The van der Waals surface area contributed by atoms with Gasteiger partial charge in [0.05, 0.1) is 30.0 Å². The van der Waals surface area contributed by atoms with Crippen molar-refractivity contribution in [1.29, 1.82) is 0 Å². The topological polar surface area (TPSA) is 53.1 Å². The summed E-state index contributed by atoms with van der Waals surface area (Å²) in [6.07, 6.45) is -2.82. The smallest absolute Gasteiger partial charge is 0.416 e. The molecule has 0 N–H and O–H groups in total. The number of rotatable bonds is 5. The number of fused-ring (bicyclic) bond motifs is 3. The Morgan fingerprint density at radius 3 is 2.55 bits per heavy atom. The lowest BCUT2D eigenvalue weighted by Gasteiger charge is -2.50. The van der Waals surface area contributed by atoms with Crippen LogP contribution in [0.1, 0.15) is 36.5 Å². The van der Waals surface area contributed by atoms with Gasteiger partial charge in [-0.2, -0.15) is 13.2 Å². The molecule has 3 heterocycles. The van der Waals surface area contributed by atoms with Gasteiger partial charge in [-0.3, -0.25) is 14.5 Å². The molecule has 0 aliphatic carbocycles. The minimum absolute atomic E-state index is 0.0846. The Morgan fingerprint density at radius 2 is 1.82 bits per heavy atom. The molecule has 3 unspecified atom stereocenters. The summed E-state index contributed by atoms with van der Waals surface area (Å²) in [7, 11) is 0.